The van der Waals surface area contributed by atoms with E-state index in [0.29, 0.717) is 0 Å². The van der Waals surface area contributed by atoms with Crippen molar-refractivity contribution in [2.45, 2.75) is 26.7 Å². The third-order valence-electron chi connectivity index (χ3n) is 1.29. The standard InChI is InChI=1S/C9H14O/c1-3-4-5-6-9(2)7-8-10/h3-4,7-8H,5-6H2,1-2H3/b4-3-,9-7-. The van der Waals surface area contributed by atoms with Gasteiger partial charge in [0.25, 0.3) is 0 Å². The van der Waals surface area contributed by atoms with Gasteiger partial charge >= 0.3 is 0 Å². The van der Waals surface area contributed by atoms with E-state index in [-0.39, 0.29) is 0 Å². The average Bonchev–Trinajstić information content (AvgIpc) is 1.89. The van der Waals surface area contributed by atoms with Gasteiger partial charge in [0.2, 0.25) is 0 Å². The Bertz CT molecular complexity index is 143. The molecule has 0 fully saturated rings. The van der Waals surface area contributed by atoms with Gasteiger partial charge in [0.05, 0.1) is 0 Å². The normalized spacial score (nSPS) is 12.4. The molecule has 0 saturated heterocycles. The quantitative estimate of drug-likeness (QED) is 0.331. The van der Waals surface area contributed by atoms with E-state index in [0.717, 1.165) is 24.7 Å². The van der Waals surface area contributed by atoms with Crippen molar-refractivity contribution in [1.29, 1.82) is 0 Å². The van der Waals surface area contributed by atoms with Crippen LogP contribution in [0.4, 0.5) is 0 Å². The summed E-state index contributed by atoms with van der Waals surface area (Å²) >= 11 is 0. The number of aldehydes is 1. The van der Waals surface area contributed by atoms with Gasteiger partial charge in [-0.05, 0) is 32.8 Å². The Balaban J connectivity index is 3.48. The van der Waals surface area contributed by atoms with Crippen molar-refractivity contribution in [3.8, 4) is 0 Å². The molecule has 0 rings (SSSR count). The number of allylic oxidation sites excluding steroid dienone is 4. The Labute approximate surface area is 62.4 Å². The van der Waals surface area contributed by atoms with Gasteiger partial charge in [-0.15, -0.1) is 0 Å². The van der Waals surface area contributed by atoms with Gasteiger partial charge in [0, 0.05) is 0 Å². The maximum absolute atomic E-state index is 9.95. The fourth-order valence-electron chi connectivity index (χ4n) is 0.677. The highest BCUT2D eigenvalue weighted by Crippen LogP contribution is 2.02. The zero-order valence-corrected chi connectivity index (χ0v) is 6.63. The molecule has 0 aromatic carbocycles. The summed E-state index contributed by atoms with van der Waals surface area (Å²) in [4.78, 5) is 9.95. The molecule has 1 nitrogen and oxygen atoms in total. The highest BCUT2D eigenvalue weighted by Gasteiger charge is 1.84. The Morgan fingerprint density at radius 3 is 2.70 bits per heavy atom. The van der Waals surface area contributed by atoms with Crippen LogP contribution in [0.2, 0.25) is 0 Å². The number of hydrogen-bond acceptors (Lipinski definition) is 1. The van der Waals surface area contributed by atoms with Crippen LogP contribution in [0, 0.1) is 0 Å². The van der Waals surface area contributed by atoms with Crippen LogP contribution in [-0.2, 0) is 4.79 Å². The molecule has 56 valence electrons. The Morgan fingerprint density at radius 1 is 1.50 bits per heavy atom. The third kappa shape index (κ3) is 5.29. The lowest BCUT2D eigenvalue weighted by Crippen LogP contribution is -1.75. The van der Waals surface area contributed by atoms with Gasteiger partial charge in [0.15, 0.2) is 0 Å². The van der Waals surface area contributed by atoms with Crippen molar-refractivity contribution >= 4 is 6.29 Å². The van der Waals surface area contributed by atoms with Gasteiger partial charge in [0.1, 0.15) is 6.29 Å². The van der Waals surface area contributed by atoms with Crippen LogP contribution in [0.1, 0.15) is 26.7 Å². The predicted molar refractivity (Wildman–Crippen MR) is 43.9 cm³/mol. The van der Waals surface area contributed by atoms with Crippen molar-refractivity contribution in [2.75, 3.05) is 0 Å². The van der Waals surface area contributed by atoms with Crippen LogP contribution in [-0.4, -0.2) is 6.29 Å². The lowest BCUT2D eigenvalue weighted by molar-refractivity contribution is -0.104. The molecular formula is C9H14O. The van der Waals surface area contributed by atoms with Gasteiger partial charge in [-0.1, -0.05) is 17.7 Å². The zero-order chi connectivity index (χ0) is 7.82. The lowest BCUT2D eigenvalue weighted by atomic mass is 10.1. The molecule has 0 amide bonds. The summed E-state index contributed by atoms with van der Waals surface area (Å²) in [6, 6.07) is 0. The van der Waals surface area contributed by atoms with Gasteiger partial charge in [-0.25, -0.2) is 0 Å². The highest BCUT2D eigenvalue weighted by molar-refractivity contribution is 5.65. The number of carbonyl (C=O) groups is 1. The van der Waals surface area contributed by atoms with Crippen LogP contribution in [0.25, 0.3) is 0 Å². The molecule has 0 atom stereocenters. The molecule has 0 aliphatic carbocycles. The van der Waals surface area contributed by atoms with Crippen molar-refractivity contribution in [3.05, 3.63) is 23.8 Å². The topological polar surface area (TPSA) is 17.1 Å². The summed E-state index contributed by atoms with van der Waals surface area (Å²) in [5.74, 6) is 0. The first kappa shape index (κ1) is 9.15. The fourth-order valence-corrected chi connectivity index (χ4v) is 0.677. The van der Waals surface area contributed by atoms with E-state index < -0.39 is 0 Å². The Kier molecular flexibility index (Phi) is 5.74. The molecule has 0 N–H and O–H groups in total. The molecular weight excluding hydrogens is 124 g/mol. The van der Waals surface area contributed by atoms with Crippen molar-refractivity contribution in [1.82, 2.24) is 0 Å². The first-order valence-electron chi connectivity index (χ1n) is 3.53. The molecule has 10 heavy (non-hydrogen) atoms. The molecule has 0 bridgehead atoms. The van der Waals surface area contributed by atoms with Crippen molar-refractivity contribution in [2.24, 2.45) is 0 Å². The smallest absolute Gasteiger partial charge is 0.142 e. The second-order valence-electron chi connectivity index (χ2n) is 2.26. The summed E-state index contributed by atoms with van der Waals surface area (Å²) in [6.07, 6.45) is 8.60. The summed E-state index contributed by atoms with van der Waals surface area (Å²) in [6.45, 7) is 3.97. The first-order chi connectivity index (χ1) is 4.81. The molecule has 0 spiro atoms. The zero-order valence-electron chi connectivity index (χ0n) is 6.63. The van der Waals surface area contributed by atoms with E-state index >= 15 is 0 Å². The number of carbonyl (C=O) groups excluding carboxylic acids is 1. The Morgan fingerprint density at radius 2 is 2.20 bits per heavy atom. The molecule has 0 aromatic rings. The van der Waals surface area contributed by atoms with Gasteiger partial charge < -0.3 is 0 Å². The number of hydrogen-bond donors (Lipinski definition) is 0. The fraction of sp³-hybridized carbons (Fsp3) is 0.444. The van der Waals surface area contributed by atoms with Gasteiger partial charge in [-0.2, -0.15) is 0 Å². The number of rotatable bonds is 4. The monoisotopic (exact) mass is 138 g/mol. The average molecular weight is 138 g/mol. The largest absolute Gasteiger partial charge is 0.299 e. The summed E-state index contributed by atoms with van der Waals surface area (Å²) in [7, 11) is 0. The molecule has 0 heterocycles. The highest BCUT2D eigenvalue weighted by atomic mass is 16.1. The molecule has 0 unspecified atom stereocenters. The molecule has 0 aromatic heterocycles. The first-order valence-corrected chi connectivity index (χ1v) is 3.53. The molecule has 1 heteroatoms. The van der Waals surface area contributed by atoms with Crippen molar-refractivity contribution in [3.63, 3.8) is 0 Å². The molecule has 0 aliphatic rings. The summed E-state index contributed by atoms with van der Waals surface area (Å²) in [5, 5.41) is 0. The van der Waals surface area contributed by atoms with Crippen LogP contribution < -0.4 is 0 Å². The minimum atomic E-state index is 0.838. The van der Waals surface area contributed by atoms with Crippen LogP contribution in [0.5, 0.6) is 0 Å². The van der Waals surface area contributed by atoms with Crippen molar-refractivity contribution < 1.29 is 4.79 Å². The second-order valence-corrected chi connectivity index (χ2v) is 2.26. The maximum Gasteiger partial charge on any atom is 0.142 e. The van der Waals surface area contributed by atoms with Gasteiger partial charge in [-0.3, -0.25) is 4.79 Å². The van der Waals surface area contributed by atoms with E-state index in [2.05, 4.69) is 6.08 Å². The minimum Gasteiger partial charge on any atom is -0.299 e. The molecule has 0 aliphatic heterocycles. The SMILES string of the molecule is C/C=C\CC/C(C)=C\C=O. The Hall–Kier alpha value is -0.850. The van der Waals surface area contributed by atoms with Crippen LogP contribution in [0.3, 0.4) is 0 Å². The predicted octanol–water partition coefficient (Wildman–Crippen LogP) is 2.49. The van der Waals surface area contributed by atoms with Crippen LogP contribution >= 0.6 is 0 Å². The molecule has 0 radical (unpaired) electrons. The van der Waals surface area contributed by atoms with Crippen LogP contribution in [0.15, 0.2) is 23.8 Å². The minimum absolute atomic E-state index is 0.838. The van der Waals surface area contributed by atoms with E-state index in [4.69, 9.17) is 0 Å². The lowest BCUT2D eigenvalue weighted by Gasteiger charge is -1.92. The maximum atomic E-state index is 9.95. The van der Waals surface area contributed by atoms with E-state index in [1.807, 2.05) is 19.9 Å². The summed E-state index contributed by atoms with van der Waals surface area (Å²) < 4.78 is 0. The third-order valence-corrected chi connectivity index (χ3v) is 1.29. The van der Waals surface area contributed by atoms with E-state index in [9.17, 15) is 4.79 Å². The summed E-state index contributed by atoms with van der Waals surface area (Å²) in [5.41, 5.74) is 1.15. The second kappa shape index (κ2) is 6.27. The molecule has 0 saturated carbocycles. The van der Waals surface area contributed by atoms with E-state index in [1.54, 1.807) is 6.08 Å². The van der Waals surface area contributed by atoms with E-state index in [1.165, 1.54) is 0 Å².